The van der Waals surface area contributed by atoms with Crippen molar-refractivity contribution in [1.82, 2.24) is 10.2 Å². The molecule has 138 valence electrons. The van der Waals surface area contributed by atoms with Gasteiger partial charge in [-0.2, -0.15) is 0 Å². The zero-order valence-corrected chi connectivity index (χ0v) is 15.2. The molecule has 0 radical (unpaired) electrons. The van der Waals surface area contributed by atoms with E-state index in [-0.39, 0.29) is 17.9 Å². The van der Waals surface area contributed by atoms with Gasteiger partial charge in [0.25, 0.3) is 5.91 Å². The zero-order valence-electron chi connectivity index (χ0n) is 15.2. The Morgan fingerprint density at radius 1 is 1.12 bits per heavy atom. The van der Waals surface area contributed by atoms with Gasteiger partial charge < -0.3 is 14.6 Å². The molecule has 0 aliphatic carbocycles. The third-order valence-corrected chi connectivity index (χ3v) is 4.99. The minimum Gasteiger partial charge on any atom is -0.472 e. The molecule has 0 atom stereocenters. The molecule has 0 bridgehead atoms. The van der Waals surface area contributed by atoms with E-state index in [2.05, 4.69) is 36.5 Å². The van der Waals surface area contributed by atoms with Gasteiger partial charge in [0.15, 0.2) is 0 Å². The van der Waals surface area contributed by atoms with E-state index >= 15 is 0 Å². The average Bonchev–Trinajstić information content (AvgIpc) is 3.21. The van der Waals surface area contributed by atoms with Crippen molar-refractivity contribution in [3.8, 4) is 0 Å². The van der Waals surface area contributed by atoms with Gasteiger partial charge in [0, 0.05) is 25.6 Å². The molecule has 5 nitrogen and oxygen atoms in total. The maximum atomic E-state index is 12.3. The number of aryl methyl sites for hydroxylation is 2. The number of likely N-dealkylation sites (tertiary alicyclic amines) is 1. The molecule has 1 aliphatic heterocycles. The number of carbonyl (C=O) groups excluding carboxylic acids is 2. The van der Waals surface area contributed by atoms with Crippen LogP contribution in [0.3, 0.4) is 0 Å². The molecule has 5 heteroatoms. The number of hydrogen-bond acceptors (Lipinski definition) is 3. The van der Waals surface area contributed by atoms with Crippen molar-refractivity contribution >= 4 is 11.8 Å². The molecule has 0 unspecified atom stereocenters. The van der Waals surface area contributed by atoms with E-state index < -0.39 is 0 Å². The van der Waals surface area contributed by atoms with Crippen LogP contribution in [0.4, 0.5) is 0 Å². The van der Waals surface area contributed by atoms with E-state index in [1.54, 1.807) is 6.07 Å². The molecule has 0 saturated carbocycles. The van der Waals surface area contributed by atoms with Crippen molar-refractivity contribution in [3.05, 3.63) is 59.5 Å². The fourth-order valence-corrected chi connectivity index (χ4v) is 3.29. The van der Waals surface area contributed by atoms with Crippen LogP contribution in [0.5, 0.6) is 0 Å². The predicted octanol–water partition coefficient (Wildman–Crippen LogP) is 3.20. The molecule has 1 N–H and O–H groups in total. The van der Waals surface area contributed by atoms with Gasteiger partial charge in [0.1, 0.15) is 6.26 Å². The van der Waals surface area contributed by atoms with Gasteiger partial charge in [-0.3, -0.25) is 9.59 Å². The van der Waals surface area contributed by atoms with Crippen LogP contribution in [-0.2, 0) is 17.6 Å². The highest BCUT2D eigenvalue weighted by atomic mass is 16.3. The Morgan fingerprint density at radius 3 is 2.42 bits per heavy atom. The van der Waals surface area contributed by atoms with Crippen molar-refractivity contribution < 1.29 is 14.0 Å². The van der Waals surface area contributed by atoms with E-state index in [1.165, 1.54) is 23.7 Å². The Morgan fingerprint density at radius 2 is 1.81 bits per heavy atom. The lowest BCUT2D eigenvalue weighted by atomic mass is 10.0. The number of amides is 2. The van der Waals surface area contributed by atoms with Crippen LogP contribution in [0.2, 0.25) is 0 Å². The first-order valence-corrected chi connectivity index (χ1v) is 9.34. The number of nitrogens with one attached hydrogen (secondary N) is 1. The average molecular weight is 354 g/mol. The van der Waals surface area contributed by atoms with Gasteiger partial charge in [-0.1, -0.05) is 31.2 Å². The van der Waals surface area contributed by atoms with Crippen molar-refractivity contribution in [3.63, 3.8) is 0 Å². The second-order valence-corrected chi connectivity index (χ2v) is 6.82. The van der Waals surface area contributed by atoms with Gasteiger partial charge >= 0.3 is 0 Å². The minimum absolute atomic E-state index is 0.000877. The van der Waals surface area contributed by atoms with Crippen LogP contribution >= 0.6 is 0 Å². The van der Waals surface area contributed by atoms with Crippen molar-refractivity contribution in [2.45, 2.75) is 45.1 Å². The molecule has 1 fully saturated rings. The van der Waals surface area contributed by atoms with Gasteiger partial charge in [-0.25, -0.2) is 0 Å². The van der Waals surface area contributed by atoms with Crippen LogP contribution < -0.4 is 5.32 Å². The summed E-state index contributed by atoms with van der Waals surface area (Å²) in [6, 6.07) is 10.3. The summed E-state index contributed by atoms with van der Waals surface area (Å²) in [6.07, 6.45) is 6.86. The Bertz CT molecular complexity index is 714. The first-order chi connectivity index (χ1) is 12.7. The fraction of sp³-hybridized carbons (Fsp3) is 0.429. The SMILES string of the molecule is CCc1ccc(CCC(=O)NC2CCN(C(=O)c3ccoc3)CC2)cc1. The lowest BCUT2D eigenvalue weighted by Crippen LogP contribution is -2.46. The number of carbonyl (C=O) groups is 2. The standard InChI is InChI=1S/C21H26N2O3/c1-2-16-3-5-17(6-4-16)7-8-20(24)22-19-9-12-23(13-10-19)21(25)18-11-14-26-15-18/h3-6,11,14-15,19H,2,7-10,12-13H2,1H3,(H,22,24). The largest absolute Gasteiger partial charge is 0.472 e. The number of benzene rings is 1. The van der Waals surface area contributed by atoms with Crippen molar-refractivity contribution in [2.24, 2.45) is 0 Å². The molecular formula is C21H26N2O3. The lowest BCUT2D eigenvalue weighted by molar-refractivity contribution is -0.122. The first kappa shape index (κ1) is 18.2. The summed E-state index contributed by atoms with van der Waals surface area (Å²) in [5.74, 6) is 0.0863. The molecule has 2 heterocycles. The van der Waals surface area contributed by atoms with Gasteiger partial charge in [0.05, 0.1) is 11.8 Å². The molecular weight excluding hydrogens is 328 g/mol. The summed E-state index contributed by atoms with van der Waals surface area (Å²) < 4.78 is 4.97. The van der Waals surface area contributed by atoms with E-state index in [0.717, 1.165) is 25.7 Å². The quantitative estimate of drug-likeness (QED) is 0.866. The summed E-state index contributed by atoms with van der Waals surface area (Å²) in [5.41, 5.74) is 3.09. The first-order valence-electron chi connectivity index (χ1n) is 9.34. The predicted molar refractivity (Wildman–Crippen MR) is 99.9 cm³/mol. The maximum absolute atomic E-state index is 12.3. The third kappa shape index (κ3) is 4.75. The maximum Gasteiger partial charge on any atom is 0.257 e. The molecule has 2 amide bonds. The highest BCUT2D eigenvalue weighted by molar-refractivity contribution is 5.93. The highest BCUT2D eigenvalue weighted by Crippen LogP contribution is 2.15. The molecule has 1 aromatic carbocycles. The highest BCUT2D eigenvalue weighted by Gasteiger charge is 2.24. The van der Waals surface area contributed by atoms with E-state index in [9.17, 15) is 9.59 Å². The third-order valence-electron chi connectivity index (χ3n) is 4.99. The summed E-state index contributed by atoms with van der Waals surface area (Å²) in [5, 5.41) is 3.11. The molecule has 0 spiro atoms. The number of hydrogen-bond donors (Lipinski definition) is 1. The number of piperidine rings is 1. The fourth-order valence-electron chi connectivity index (χ4n) is 3.29. The minimum atomic E-state index is -0.000877. The van der Waals surface area contributed by atoms with E-state index in [0.29, 0.717) is 25.1 Å². The van der Waals surface area contributed by atoms with Crippen LogP contribution in [0.25, 0.3) is 0 Å². The number of furan rings is 1. The number of nitrogens with zero attached hydrogens (tertiary/aromatic N) is 1. The van der Waals surface area contributed by atoms with Gasteiger partial charge in [-0.05, 0) is 42.9 Å². The molecule has 2 aromatic rings. The molecule has 26 heavy (non-hydrogen) atoms. The zero-order chi connectivity index (χ0) is 18.4. The van der Waals surface area contributed by atoms with Crippen LogP contribution in [0.15, 0.2) is 47.3 Å². The second kappa shape index (κ2) is 8.70. The molecule has 3 rings (SSSR count). The summed E-state index contributed by atoms with van der Waals surface area (Å²) >= 11 is 0. The normalized spacial score (nSPS) is 15.0. The lowest BCUT2D eigenvalue weighted by Gasteiger charge is -2.32. The summed E-state index contributed by atoms with van der Waals surface area (Å²) in [6.45, 7) is 3.46. The molecule has 1 aromatic heterocycles. The molecule has 1 saturated heterocycles. The van der Waals surface area contributed by atoms with E-state index in [4.69, 9.17) is 4.42 Å². The van der Waals surface area contributed by atoms with Gasteiger partial charge in [0.2, 0.25) is 5.91 Å². The van der Waals surface area contributed by atoms with Crippen LogP contribution in [0.1, 0.15) is 47.7 Å². The Kier molecular flexibility index (Phi) is 6.10. The Labute approximate surface area is 154 Å². The van der Waals surface area contributed by atoms with Gasteiger partial charge in [-0.15, -0.1) is 0 Å². The Hall–Kier alpha value is -2.56. The van der Waals surface area contributed by atoms with Crippen LogP contribution in [-0.4, -0.2) is 35.8 Å². The Balaban J connectivity index is 1.39. The summed E-state index contributed by atoms with van der Waals surface area (Å²) in [4.78, 5) is 26.3. The van der Waals surface area contributed by atoms with Crippen molar-refractivity contribution in [2.75, 3.05) is 13.1 Å². The smallest absolute Gasteiger partial charge is 0.257 e. The van der Waals surface area contributed by atoms with Crippen LogP contribution in [0, 0.1) is 0 Å². The molecule has 1 aliphatic rings. The topological polar surface area (TPSA) is 62.6 Å². The van der Waals surface area contributed by atoms with E-state index in [1.807, 2.05) is 4.90 Å². The number of rotatable bonds is 6. The second-order valence-electron chi connectivity index (χ2n) is 6.82. The summed E-state index contributed by atoms with van der Waals surface area (Å²) in [7, 11) is 0. The monoisotopic (exact) mass is 354 g/mol. The van der Waals surface area contributed by atoms with Crippen molar-refractivity contribution in [1.29, 1.82) is 0 Å².